The first-order chi connectivity index (χ1) is 10.6. The van der Waals surface area contributed by atoms with Gasteiger partial charge in [-0.3, -0.25) is 4.90 Å². The number of nitrogens with zero attached hydrogens (tertiary/aromatic N) is 1. The molecule has 0 aliphatic carbocycles. The van der Waals surface area contributed by atoms with E-state index in [2.05, 4.69) is 0 Å². The van der Waals surface area contributed by atoms with E-state index in [0.717, 1.165) is 11.1 Å². The van der Waals surface area contributed by atoms with Crippen molar-refractivity contribution in [2.45, 2.75) is 52.3 Å². The Bertz CT molecular complexity index is 633. The average molecular weight is 321 g/mol. The van der Waals surface area contributed by atoms with E-state index in [0.29, 0.717) is 5.56 Å². The fourth-order valence-corrected chi connectivity index (χ4v) is 2.63. The fraction of sp³-hybridized carbons (Fsp3) is 0.529. The van der Waals surface area contributed by atoms with Crippen molar-refractivity contribution in [3.05, 3.63) is 28.8 Å². The number of rotatable bonds is 1. The molecule has 1 N–H and O–H groups in total. The highest BCUT2D eigenvalue weighted by Crippen LogP contribution is 2.33. The minimum Gasteiger partial charge on any atom is -0.507 e. The fourth-order valence-electron chi connectivity index (χ4n) is 2.63. The van der Waals surface area contributed by atoms with Gasteiger partial charge in [0.25, 0.3) is 0 Å². The number of carbonyl (C=O) groups is 2. The molecule has 0 fully saturated rings. The van der Waals surface area contributed by atoms with Crippen molar-refractivity contribution in [2.75, 3.05) is 7.11 Å². The van der Waals surface area contributed by atoms with Gasteiger partial charge in [-0.05, 0) is 38.8 Å². The molecule has 1 aromatic rings. The molecular weight excluding hydrogens is 298 g/mol. The number of hydrogen-bond acceptors (Lipinski definition) is 5. The van der Waals surface area contributed by atoms with E-state index in [1.165, 1.54) is 12.0 Å². The van der Waals surface area contributed by atoms with Crippen LogP contribution in [0.5, 0.6) is 5.75 Å². The van der Waals surface area contributed by atoms with Gasteiger partial charge in [0.1, 0.15) is 17.4 Å². The lowest BCUT2D eigenvalue weighted by atomic mass is 9.91. The first kappa shape index (κ1) is 17.1. The molecule has 1 aliphatic rings. The third kappa shape index (κ3) is 3.57. The summed E-state index contributed by atoms with van der Waals surface area (Å²) in [5, 5.41) is 10.2. The number of benzene rings is 1. The molecule has 23 heavy (non-hydrogen) atoms. The molecule has 1 aromatic carbocycles. The highest BCUT2D eigenvalue weighted by molar-refractivity contribution is 5.83. The van der Waals surface area contributed by atoms with Crippen LogP contribution in [-0.4, -0.2) is 40.8 Å². The van der Waals surface area contributed by atoms with Gasteiger partial charge >= 0.3 is 12.1 Å². The molecule has 1 aliphatic heterocycles. The second-order valence-electron chi connectivity index (χ2n) is 6.72. The molecule has 126 valence electrons. The summed E-state index contributed by atoms with van der Waals surface area (Å²) in [4.78, 5) is 25.9. The second-order valence-corrected chi connectivity index (χ2v) is 6.72. The van der Waals surface area contributed by atoms with Crippen LogP contribution in [0.15, 0.2) is 12.1 Å². The predicted octanol–water partition coefficient (Wildman–Crippen LogP) is 2.54. The lowest BCUT2D eigenvalue weighted by Gasteiger charge is -2.36. The molecular formula is C17H23NO5. The number of esters is 1. The Labute approximate surface area is 136 Å². The summed E-state index contributed by atoms with van der Waals surface area (Å²) in [6.45, 7) is 7.29. The highest BCUT2D eigenvalue weighted by atomic mass is 16.6. The Kier molecular flexibility index (Phi) is 4.54. The van der Waals surface area contributed by atoms with Crippen LogP contribution in [0.3, 0.4) is 0 Å². The monoisotopic (exact) mass is 321 g/mol. The maximum atomic E-state index is 12.4. The van der Waals surface area contributed by atoms with Crippen LogP contribution in [0.2, 0.25) is 0 Å². The van der Waals surface area contributed by atoms with Crippen LogP contribution in [-0.2, 0) is 27.2 Å². The third-order valence-corrected chi connectivity index (χ3v) is 3.80. The van der Waals surface area contributed by atoms with E-state index >= 15 is 0 Å². The molecule has 0 spiro atoms. The molecule has 6 nitrogen and oxygen atoms in total. The summed E-state index contributed by atoms with van der Waals surface area (Å²) in [6.07, 6.45) is -0.368. The molecule has 0 radical (unpaired) electrons. The summed E-state index contributed by atoms with van der Waals surface area (Å²) in [7, 11) is 1.28. The van der Waals surface area contributed by atoms with Crippen molar-refractivity contribution < 1.29 is 24.2 Å². The van der Waals surface area contributed by atoms with Gasteiger partial charge in [0.2, 0.25) is 0 Å². The topological polar surface area (TPSA) is 76.1 Å². The number of aromatic hydroxyl groups is 1. The first-order valence-corrected chi connectivity index (χ1v) is 7.52. The van der Waals surface area contributed by atoms with Gasteiger partial charge in [-0.2, -0.15) is 0 Å². The number of amides is 1. The van der Waals surface area contributed by atoms with Gasteiger partial charge in [-0.25, -0.2) is 9.59 Å². The van der Waals surface area contributed by atoms with E-state index in [1.54, 1.807) is 33.8 Å². The zero-order chi connectivity index (χ0) is 17.4. The average Bonchev–Trinajstić information content (AvgIpc) is 2.47. The SMILES string of the molecule is COC(=O)[C@@H]1Cc2c(ccc(C)c2O)CN1C(=O)OC(C)(C)C. The van der Waals surface area contributed by atoms with Gasteiger partial charge in [0.15, 0.2) is 0 Å². The number of phenolic OH excluding ortho intramolecular Hbond substituents is 1. The predicted molar refractivity (Wildman–Crippen MR) is 84.1 cm³/mol. The standard InChI is InChI=1S/C17H23NO5/c1-10-6-7-11-9-18(16(21)23-17(2,3)4)13(15(20)22-5)8-12(11)14(10)19/h6-7,13,19H,8-9H2,1-5H3/t13-/m0/s1. The lowest BCUT2D eigenvalue weighted by molar-refractivity contribution is -0.147. The number of hydrogen-bond donors (Lipinski definition) is 1. The van der Waals surface area contributed by atoms with Gasteiger partial charge in [-0.15, -0.1) is 0 Å². The number of fused-ring (bicyclic) bond motifs is 1. The van der Waals surface area contributed by atoms with Crippen molar-refractivity contribution in [2.24, 2.45) is 0 Å². The first-order valence-electron chi connectivity index (χ1n) is 7.52. The van der Waals surface area contributed by atoms with Crippen molar-refractivity contribution in [1.82, 2.24) is 4.90 Å². The molecule has 0 saturated heterocycles. The van der Waals surface area contributed by atoms with E-state index in [9.17, 15) is 14.7 Å². The van der Waals surface area contributed by atoms with Crippen molar-refractivity contribution in [3.63, 3.8) is 0 Å². The maximum absolute atomic E-state index is 12.4. The van der Waals surface area contributed by atoms with Crippen LogP contribution >= 0.6 is 0 Å². The minimum absolute atomic E-state index is 0.167. The maximum Gasteiger partial charge on any atom is 0.411 e. The van der Waals surface area contributed by atoms with Crippen LogP contribution < -0.4 is 0 Å². The minimum atomic E-state index is -0.810. The summed E-state index contributed by atoms with van der Waals surface area (Å²) in [6, 6.07) is 2.84. The number of methoxy groups -OCH3 is 1. The molecule has 0 aromatic heterocycles. The lowest BCUT2D eigenvalue weighted by Crippen LogP contribution is -2.50. The Hall–Kier alpha value is -2.24. The van der Waals surface area contributed by atoms with Gasteiger partial charge in [0.05, 0.1) is 13.7 Å². The van der Waals surface area contributed by atoms with Gasteiger partial charge < -0.3 is 14.6 Å². The van der Waals surface area contributed by atoms with Crippen LogP contribution in [0, 0.1) is 6.92 Å². The van der Waals surface area contributed by atoms with E-state index in [4.69, 9.17) is 9.47 Å². The molecule has 1 amide bonds. The van der Waals surface area contributed by atoms with Crippen molar-refractivity contribution in [1.29, 1.82) is 0 Å². The largest absolute Gasteiger partial charge is 0.507 e. The van der Waals surface area contributed by atoms with Gasteiger partial charge in [0, 0.05) is 12.0 Å². The number of ether oxygens (including phenoxy) is 2. The molecule has 1 atom stereocenters. The van der Waals surface area contributed by atoms with Crippen molar-refractivity contribution in [3.8, 4) is 5.75 Å². The van der Waals surface area contributed by atoms with Crippen LogP contribution in [0.25, 0.3) is 0 Å². The Morgan fingerprint density at radius 1 is 1.30 bits per heavy atom. The second kappa shape index (κ2) is 6.10. The zero-order valence-electron chi connectivity index (χ0n) is 14.2. The summed E-state index contributed by atoms with van der Waals surface area (Å²) < 4.78 is 10.2. The van der Waals surface area contributed by atoms with Crippen LogP contribution in [0.4, 0.5) is 4.79 Å². The summed E-state index contributed by atoms with van der Waals surface area (Å²) >= 11 is 0. The Morgan fingerprint density at radius 3 is 2.52 bits per heavy atom. The number of carbonyl (C=O) groups excluding carboxylic acids is 2. The normalized spacial score (nSPS) is 17.4. The molecule has 1 heterocycles. The van der Waals surface area contributed by atoms with Crippen LogP contribution in [0.1, 0.15) is 37.5 Å². The highest BCUT2D eigenvalue weighted by Gasteiger charge is 2.38. The van der Waals surface area contributed by atoms with E-state index < -0.39 is 23.7 Å². The smallest absolute Gasteiger partial charge is 0.411 e. The van der Waals surface area contributed by atoms with E-state index in [-0.39, 0.29) is 18.7 Å². The van der Waals surface area contributed by atoms with E-state index in [1.807, 2.05) is 6.07 Å². The number of phenols is 1. The Balaban J connectivity index is 2.38. The molecule has 0 unspecified atom stereocenters. The summed E-state index contributed by atoms with van der Waals surface area (Å²) in [5.41, 5.74) is 1.56. The number of aryl methyl sites for hydroxylation is 1. The Morgan fingerprint density at radius 2 is 1.96 bits per heavy atom. The summed E-state index contributed by atoms with van der Waals surface area (Å²) in [5.74, 6) is -0.359. The third-order valence-electron chi connectivity index (χ3n) is 3.80. The molecule has 2 rings (SSSR count). The molecule has 6 heteroatoms. The quantitative estimate of drug-likeness (QED) is 0.804. The molecule has 0 saturated carbocycles. The zero-order valence-corrected chi connectivity index (χ0v) is 14.2. The van der Waals surface area contributed by atoms with Gasteiger partial charge in [-0.1, -0.05) is 12.1 Å². The van der Waals surface area contributed by atoms with Crippen molar-refractivity contribution >= 4 is 12.1 Å². The molecule has 0 bridgehead atoms.